The van der Waals surface area contributed by atoms with Crippen LogP contribution in [-0.2, 0) is 0 Å². The second kappa shape index (κ2) is 11.9. The summed E-state index contributed by atoms with van der Waals surface area (Å²) in [6, 6.07) is 70.8. The van der Waals surface area contributed by atoms with Gasteiger partial charge in [0.1, 0.15) is 0 Å². The van der Waals surface area contributed by atoms with Crippen molar-refractivity contribution in [2.75, 3.05) is 0 Å². The van der Waals surface area contributed by atoms with Gasteiger partial charge in [0.05, 0.1) is 26.8 Å². The number of benzene rings is 8. The molecule has 11 aromatic rings. The lowest BCUT2D eigenvalue weighted by Gasteiger charge is -2.12. The van der Waals surface area contributed by atoms with Crippen molar-refractivity contribution < 1.29 is 0 Å². The van der Waals surface area contributed by atoms with E-state index >= 15 is 0 Å². The first kappa shape index (κ1) is 30.0. The van der Waals surface area contributed by atoms with Gasteiger partial charge in [-0.05, 0) is 88.0 Å². The Labute approximate surface area is 311 Å². The van der Waals surface area contributed by atoms with Gasteiger partial charge in [-0.1, -0.05) is 140 Å². The molecule has 0 N–H and O–H groups in total. The van der Waals surface area contributed by atoms with Crippen molar-refractivity contribution in [2.45, 2.75) is 0 Å². The molecule has 0 bridgehead atoms. The van der Waals surface area contributed by atoms with Crippen molar-refractivity contribution in [1.29, 1.82) is 0 Å². The van der Waals surface area contributed by atoms with Gasteiger partial charge in [0.15, 0.2) is 0 Å². The normalized spacial score (nSPS) is 11.8. The molecule has 2 nitrogen and oxygen atoms in total. The van der Waals surface area contributed by atoms with Crippen molar-refractivity contribution in [1.82, 2.24) is 9.13 Å². The summed E-state index contributed by atoms with van der Waals surface area (Å²) in [6.45, 7) is 0. The first-order valence-corrected chi connectivity index (χ1v) is 18.9. The van der Waals surface area contributed by atoms with E-state index in [2.05, 4.69) is 203 Å². The number of rotatable bonds is 5. The molecule has 3 aromatic heterocycles. The largest absolute Gasteiger partial charge is 0.309 e. The van der Waals surface area contributed by atoms with Crippen LogP contribution in [0.15, 0.2) is 194 Å². The third-order valence-electron chi connectivity index (χ3n) is 10.7. The fourth-order valence-corrected chi connectivity index (χ4v) is 9.43. The maximum atomic E-state index is 2.44. The predicted octanol–water partition coefficient (Wildman–Crippen LogP) is 14.1. The Morgan fingerprint density at radius 1 is 0.302 bits per heavy atom. The van der Waals surface area contributed by atoms with Crippen molar-refractivity contribution in [2.24, 2.45) is 0 Å². The summed E-state index contributed by atoms with van der Waals surface area (Å²) in [5.41, 5.74) is 14.5. The maximum Gasteiger partial charge on any atom is 0.0727 e. The van der Waals surface area contributed by atoms with E-state index in [1.807, 2.05) is 11.3 Å². The second-order valence-electron chi connectivity index (χ2n) is 13.8. The van der Waals surface area contributed by atoms with Gasteiger partial charge in [0.2, 0.25) is 0 Å². The highest BCUT2D eigenvalue weighted by atomic mass is 32.1. The van der Waals surface area contributed by atoms with Gasteiger partial charge >= 0.3 is 0 Å². The molecule has 0 amide bonds. The molecule has 3 heterocycles. The van der Waals surface area contributed by atoms with Gasteiger partial charge in [-0.25, -0.2) is 0 Å². The number of thiophene rings is 1. The van der Waals surface area contributed by atoms with Gasteiger partial charge < -0.3 is 9.13 Å². The minimum atomic E-state index is 1.15. The predicted molar refractivity (Wildman–Crippen MR) is 227 cm³/mol. The van der Waals surface area contributed by atoms with E-state index in [1.54, 1.807) is 0 Å². The minimum absolute atomic E-state index is 1.15. The third kappa shape index (κ3) is 4.78. The molecule has 3 heteroatoms. The molecule has 248 valence electrons. The summed E-state index contributed by atoms with van der Waals surface area (Å²) in [6.07, 6.45) is 0. The Morgan fingerprint density at radius 3 is 1.55 bits per heavy atom. The molecule has 0 aliphatic heterocycles. The Kier molecular flexibility index (Phi) is 6.76. The van der Waals surface area contributed by atoms with Crippen LogP contribution < -0.4 is 0 Å². The standard InChI is InChI=1S/C50H32N2S/c1-3-11-33(12-4-1)35-19-25-39(26-20-35)51-46-30-24-37(34-13-5-2-6-14-34)31-44(46)41-29-23-38(32-47(41)51)36-21-27-40(28-22-36)52-45-17-9-7-15-42(45)50-49(52)43-16-8-10-18-48(43)53-50/h1-32H. The van der Waals surface area contributed by atoms with E-state index in [-0.39, 0.29) is 0 Å². The Bertz CT molecular complexity index is 3120. The van der Waals surface area contributed by atoms with Gasteiger partial charge in [0, 0.05) is 37.6 Å². The number of aromatic nitrogens is 2. The summed E-state index contributed by atoms with van der Waals surface area (Å²) in [5, 5.41) is 5.11. The molecule has 0 spiro atoms. The van der Waals surface area contributed by atoms with Crippen molar-refractivity contribution >= 4 is 64.3 Å². The molecule has 0 saturated carbocycles. The van der Waals surface area contributed by atoms with Crippen LogP contribution in [0.4, 0.5) is 0 Å². The number of hydrogen-bond donors (Lipinski definition) is 0. The summed E-state index contributed by atoms with van der Waals surface area (Å²) < 4.78 is 7.54. The average Bonchev–Trinajstić information content (AvgIpc) is 3.88. The highest BCUT2D eigenvalue weighted by Gasteiger charge is 2.18. The van der Waals surface area contributed by atoms with E-state index in [1.165, 1.54) is 92.1 Å². The van der Waals surface area contributed by atoms with Crippen molar-refractivity contribution in [3.63, 3.8) is 0 Å². The zero-order valence-corrected chi connectivity index (χ0v) is 29.6. The van der Waals surface area contributed by atoms with Crippen LogP contribution in [-0.4, -0.2) is 9.13 Å². The van der Waals surface area contributed by atoms with E-state index < -0.39 is 0 Å². The van der Waals surface area contributed by atoms with Crippen LogP contribution in [0.5, 0.6) is 0 Å². The molecule has 11 rings (SSSR count). The molecule has 0 atom stereocenters. The summed E-state index contributed by atoms with van der Waals surface area (Å²) >= 11 is 1.88. The van der Waals surface area contributed by atoms with Crippen LogP contribution >= 0.6 is 11.3 Å². The Morgan fingerprint density at radius 2 is 0.811 bits per heavy atom. The monoisotopic (exact) mass is 692 g/mol. The molecule has 0 unspecified atom stereocenters. The zero-order valence-electron chi connectivity index (χ0n) is 28.8. The number of nitrogens with zero attached hydrogens (tertiary/aromatic N) is 2. The lowest BCUT2D eigenvalue weighted by Crippen LogP contribution is -1.95. The molecule has 0 aliphatic carbocycles. The first-order valence-electron chi connectivity index (χ1n) is 18.1. The van der Waals surface area contributed by atoms with Crippen molar-refractivity contribution in [3.8, 4) is 44.8 Å². The SMILES string of the molecule is c1ccc(-c2ccc(-n3c4ccc(-c5ccccc5)cc4c4ccc(-c5ccc(-n6c7ccccc7c7sc8ccccc8c76)cc5)cc43)cc2)cc1. The van der Waals surface area contributed by atoms with Gasteiger partial charge in [0.25, 0.3) is 0 Å². The smallest absolute Gasteiger partial charge is 0.0727 e. The first-order chi connectivity index (χ1) is 26.3. The summed E-state index contributed by atoms with van der Waals surface area (Å²) in [7, 11) is 0. The van der Waals surface area contributed by atoms with Crippen LogP contribution in [0.2, 0.25) is 0 Å². The lowest BCUT2D eigenvalue weighted by molar-refractivity contribution is 1.18. The summed E-state index contributed by atoms with van der Waals surface area (Å²) in [5.74, 6) is 0. The molecule has 53 heavy (non-hydrogen) atoms. The van der Waals surface area contributed by atoms with E-state index in [0.717, 1.165) is 5.69 Å². The van der Waals surface area contributed by atoms with Crippen LogP contribution in [0.25, 0.3) is 97.8 Å². The quantitative estimate of drug-likeness (QED) is 0.170. The number of fused-ring (bicyclic) bond motifs is 8. The Balaban J connectivity index is 1.06. The topological polar surface area (TPSA) is 9.86 Å². The molecule has 0 saturated heterocycles. The van der Waals surface area contributed by atoms with E-state index in [9.17, 15) is 0 Å². The Hall–Kier alpha value is -6.68. The lowest BCUT2D eigenvalue weighted by atomic mass is 10.0. The molecule has 0 radical (unpaired) electrons. The van der Waals surface area contributed by atoms with Crippen LogP contribution in [0.1, 0.15) is 0 Å². The number of para-hydroxylation sites is 1. The van der Waals surface area contributed by atoms with Gasteiger partial charge in [-0.3, -0.25) is 0 Å². The molecule has 0 aliphatic rings. The zero-order chi connectivity index (χ0) is 34.9. The highest BCUT2D eigenvalue weighted by Crippen LogP contribution is 2.43. The highest BCUT2D eigenvalue weighted by molar-refractivity contribution is 7.26. The fourth-order valence-electron chi connectivity index (χ4n) is 8.21. The summed E-state index contributed by atoms with van der Waals surface area (Å²) in [4.78, 5) is 0. The molecular formula is C50H32N2S. The third-order valence-corrected chi connectivity index (χ3v) is 11.9. The molecular weight excluding hydrogens is 661 g/mol. The van der Waals surface area contributed by atoms with Crippen molar-refractivity contribution in [3.05, 3.63) is 194 Å². The van der Waals surface area contributed by atoms with E-state index in [0.29, 0.717) is 0 Å². The number of hydrogen-bond acceptors (Lipinski definition) is 1. The van der Waals surface area contributed by atoms with Gasteiger partial charge in [-0.15, -0.1) is 11.3 Å². The second-order valence-corrected chi connectivity index (χ2v) is 14.8. The van der Waals surface area contributed by atoms with Crippen LogP contribution in [0.3, 0.4) is 0 Å². The molecule has 8 aromatic carbocycles. The minimum Gasteiger partial charge on any atom is -0.309 e. The van der Waals surface area contributed by atoms with E-state index in [4.69, 9.17) is 0 Å². The maximum absolute atomic E-state index is 2.44. The van der Waals surface area contributed by atoms with Gasteiger partial charge in [-0.2, -0.15) is 0 Å². The fraction of sp³-hybridized carbons (Fsp3) is 0. The average molecular weight is 693 g/mol. The van der Waals surface area contributed by atoms with Crippen LogP contribution in [0, 0.1) is 0 Å². The molecule has 0 fully saturated rings.